The lowest BCUT2D eigenvalue weighted by Crippen LogP contribution is -2.24. The summed E-state index contributed by atoms with van der Waals surface area (Å²) in [5.74, 6) is -2.49. The lowest BCUT2D eigenvalue weighted by atomic mass is 9.96. The molecule has 0 aliphatic rings. The molecule has 146 valence electrons. The molecule has 1 aromatic heterocycles. The zero-order chi connectivity index (χ0) is 20.6. The van der Waals surface area contributed by atoms with Gasteiger partial charge in [-0.2, -0.15) is 13.2 Å². The average Bonchev–Trinajstić information content (AvgIpc) is 2.61. The second-order valence-electron chi connectivity index (χ2n) is 6.06. The standard InChI is InChI=1S/C20H15F4NO3/c1-3-28-16-9-15-13(8-14(16)21)17(19(26)27)10(2)18(25-15)11-5-4-6-12(7-11)20(22,23)24/h4-9H,3H2,1-2H3,(H,26,27)/p-1. The maximum Gasteiger partial charge on any atom is 0.416 e. The van der Waals surface area contributed by atoms with Gasteiger partial charge in [-0.15, -0.1) is 0 Å². The molecule has 0 spiro atoms. The van der Waals surface area contributed by atoms with E-state index in [9.17, 15) is 27.5 Å². The smallest absolute Gasteiger partial charge is 0.416 e. The highest BCUT2D eigenvalue weighted by Crippen LogP contribution is 2.35. The summed E-state index contributed by atoms with van der Waals surface area (Å²) in [4.78, 5) is 16.0. The Morgan fingerprint density at radius 2 is 1.93 bits per heavy atom. The number of ether oxygens (including phenoxy) is 1. The predicted octanol–water partition coefficient (Wildman–Crippen LogP) is 4.13. The van der Waals surface area contributed by atoms with E-state index in [2.05, 4.69) is 4.98 Å². The van der Waals surface area contributed by atoms with E-state index in [4.69, 9.17) is 4.74 Å². The molecule has 0 saturated carbocycles. The molecule has 0 N–H and O–H groups in total. The van der Waals surface area contributed by atoms with E-state index in [0.29, 0.717) is 0 Å². The number of carbonyl (C=O) groups excluding carboxylic acids is 1. The van der Waals surface area contributed by atoms with Crippen LogP contribution in [0.1, 0.15) is 28.4 Å². The monoisotopic (exact) mass is 392 g/mol. The van der Waals surface area contributed by atoms with Crippen molar-refractivity contribution in [2.24, 2.45) is 0 Å². The fourth-order valence-electron chi connectivity index (χ4n) is 3.01. The van der Waals surface area contributed by atoms with E-state index >= 15 is 0 Å². The molecule has 4 nitrogen and oxygen atoms in total. The van der Waals surface area contributed by atoms with Crippen molar-refractivity contribution in [3.63, 3.8) is 0 Å². The number of aromatic carboxylic acids is 1. The first kappa shape index (κ1) is 19.6. The fourth-order valence-corrected chi connectivity index (χ4v) is 3.01. The van der Waals surface area contributed by atoms with Gasteiger partial charge in [0.15, 0.2) is 11.6 Å². The van der Waals surface area contributed by atoms with E-state index < -0.39 is 23.5 Å². The van der Waals surface area contributed by atoms with Crippen molar-refractivity contribution in [1.82, 2.24) is 4.98 Å². The second kappa shape index (κ2) is 7.10. The van der Waals surface area contributed by atoms with Gasteiger partial charge in [-0.25, -0.2) is 9.37 Å². The van der Waals surface area contributed by atoms with Crippen LogP contribution in [0.15, 0.2) is 36.4 Å². The summed E-state index contributed by atoms with van der Waals surface area (Å²) in [6.07, 6.45) is -4.57. The van der Waals surface area contributed by atoms with Crippen molar-refractivity contribution in [3.05, 3.63) is 58.9 Å². The summed E-state index contributed by atoms with van der Waals surface area (Å²) in [5.41, 5.74) is -0.960. The summed E-state index contributed by atoms with van der Waals surface area (Å²) in [5, 5.41) is 11.7. The maximum atomic E-state index is 14.2. The Balaban J connectivity index is 2.33. The number of alkyl halides is 3. The number of rotatable bonds is 4. The van der Waals surface area contributed by atoms with Crippen molar-refractivity contribution in [1.29, 1.82) is 0 Å². The number of nitrogens with zero attached hydrogens (tertiary/aromatic N) is 1. The van der Waals surface area contributed by atoms with Gasteiger partial charge in [0.05, 0.1) is 29.4 Å². The molecule has 3 rings (SSSR count). The predicted molar refractivity (Wildman–Crippen MR) is 92.4 cm³/mol. The molecule has 0 amide bonds. The van der Waals surface area contributed by atoms with Crippen LogP contribution in [0.25, 0.3) is 22.2 Å². The molecule has 0 radical (unpaired) electrons. The third-order valence-corrected chi connectivity index (χ3v) is 4.25. The Kier molecular flexibility index (Phi) is 4.97. The number of carboxylic acids is 1. The summed E-state index contributed by atoms with van der Waals surface area (Å²) in [7, 11) is 0. The number of carboxylic acid groups (broad SMARTS) is 1. The molecule has 28 heavy (non-hydrogen) atoms. The van der Waals surface area contributed by atoms with Gasteiger partial charge < -0.3 is 14.6 Å². The minimum atomic E-state index is -4.57. The quantitative estimate of drug-likeness (QED) is 0.627. The number of pyridine rings is 1. The molecule has 0 atom stereocenters. The third-order valence-electron chi connectivity index (χ3n) is 4.25. The van der Waals surface area contributed by atoms with Gasteiger partial charge >= 0.3 is 6.18 Å². The van der Waals surface area contributed by atoms with Gasteiger partial charge in [0.2, 0.25) is 0 Å². The van der Waals surface area contributed by atoms with Crippen molar-refractivity contribution in [3.8, 4) is 17.0 Å². The fraction of sp³-hybridized carbons (Fsp3) is 0.200. The minimum Gasteiger partial charge on any atom is -0.545 e. The molecule has 0 aliphatic heterocycles. The van der Waals surface area contributed by atoms with Gasteiger partial charge in [-0.1, -0.05) is 12.1 Å². The number of halogens is 4. The minimum absolute atomic E-state index is 0.0193. The number of benzene rings is 2. The molecular formula is C20H14F4NO3-. The molecule has 0 fully saturated rings. The largest absolute Gasteiger partial charge is 0.545 e. The molecule has 0 unspecified atom stereocenters. The summed E-state index contributed by atoms with van der Waals surface area (Å²) in [6.45, 7) is 3.20. The van der Waals surface area contributed by atoms with Crippen LogP contribution in [-0.4, -0.2) is 17.6 Å². The Bertz CT molecular complexity index is 1080. The summed E-state index contributed by atoms with van der Waals surface area (Å²) >= 11 is 0. The van der Waals surface area contributed by atoms with E-state index in [0.717, 1.165) is 18.2 Å². The molecule has 8 heteroatoms. The van der Waals surface area contributed by atoms with Gasteiger partial charge in [0, 0.05) is 22.6 Å². The topological polar surface area (TPSA) is 62.2 Å². The van der Waals surface area contributed by atoms with E-state index in [-0.39, 0.29) is 45.6 Å². The molecule has 0 saturated heterocycles. The van der Waals surface area contributed by atoms with Crippen molar-refractivity contribution < 1.29 is 32.2 Å². The number of aromatic nitrogens is 1. The molecule has 0 bridgehead atoms. The molecule has 1 heterocycles. The van der Waals surface area contributed by atoms with Crippen LogP contribution in [-0.2, 0) is 6.18 Å². The highest BCUT2D eigenvalue weighted by Gasteiger charge is 2.30. The van der Waals surface area contributed by atoms with Crippen molar-refractivity contribution in [2.75, 3.05) is 6.61 Å². The van der Waals surface area contributed by atoms with Crippen LogP contribution in [0, 0.1) is 12.7 Å². The van der Waals surface area contributed by atoms with Crippen LogP contribution < -0.4 is 9.84 Å². The summed E-state index contributed by atoms with van der Waals surface area (Å²) < 4.78 is 58.5. The lowest BCUT2D eigenvalue weighted by molar-refractivity contribution is -0.254. The first-order valence-corrected chi connectivity index (χ1v) is 8.29. The number of hydrogen-bond acceptors (Lipinski definition) is 4. The van der Waals surface area contributed by atoms with Crippen molar-refractivity contribution >= 4 is 16.9 Å². The zero-order valence-electron chi connectivity index (χ0n) is 14.9. The van der Waals surface area contributed by atoms with Crippen LogP contribution in [0.5, 0.6) is 5.75 Å². The number of carbonyl (C=O) groups is 1. The molecule has 2 aromatic carbocycles. The summed E-state index contributed by atoms with van der Waals surface area (Å²) in [6, 6.07) is 6.58. The van der Waals surface area contributed by atoms with Crippen LogP contribution >= 0.6 is 0 Å². The Morgan fingerprint density at radius 1 is 1.21 bits per heavy atom. The van der Waals surface area contributed by atoms with Crippen LogP contribution in [0.3, 0.4) is 0 Å². The van der Waals surface area contributed by atoms with Gasteiger partial charge in [-0.05, 0) is 37.6 Å². The molecular weight excluding hydrogens is 378 g/mol. The zero-order valence-corrected chi connectivity index (χ0v) is 14.9. The van der Waals surface area contributed by atoms with Crippen LogP contribution in [0.2, 0.25) is 0 Å². The number of hydrogen-bond donors (Lipinski definition) is 0. The van der Waals surface area contributed by atoms with E-state index in [1.165, 1.54) is 25.1 Å². The van der Waals surface area contributed by atoms with Gasteiger partial charge in [-0.3, -0.25) is 0 Å². The van der Waals surface area contributed by atoms with Crippen molar-refractivity contribution in [2.45, 2.75) is 20.0 Å². The van der Waals surface area contributed by atoms with Crippen LogP contribution in [0.4, 0.5) is 17.6 Å². The first-order chi connectivity index (χ1) is 13.1. The van der Waals surface area contributed by atoms with E-state index in [1.807, 2.05) is 0 Å². The Morgan fingerprint density at radius 3 is 2.54 bits per heavy atom. The third kappa shape index (κ3) is 3.49. The Hall–Kier alpha value is -3.16. The van der Waals surface area contributed by atoms with Gasteiger partial charge in [0.25, 0.3) is 0 Å². The van der Waals surface area contributed by atoms with Gasteiger partial charge in [0.1, 0.15) is 0 Å². The first-order valence-electron chi connectivity index (χ1n) is 8.29. The maximum absolute atomic E-state index is 14.2. The second-order valence-corrected chi connectivity index (χ2v) is 6.06. The lowest BCUT2D eigenvalue weighted by Gasteiger charge is -2.17. The Labute approximate surface area is 157 Å². The SMILES string of the molecule is CCOc1cc2nc(-c3cccc(C(F)(F)F)c3)c(C)c(C(=O)[O-])c2cc1F. The van der Waals surface area contributed by atoms with E-state index in [1.54, 1.807) is 6.92 Å². The average molecular weight is 392 g/mol. The normalized spacial score (nSPS) is 11.6. The number of fused-ring (bicyclic) bond motifs is 1. The highest BCUT2D eigenvalue weighted by molar-refractivity contribution is 6.05. The molecule has 0 aliphatic carbocycles. The molecule has 3 aromatic rings. The highest BCUT2D eigenvalue weighted by atomic mass is 19.4.